The quantitative estimate of drug-likeness (QED) is 0.364. The fourth-order valence-corrected chi connectivity index (χ4v) is 1.44. The zero-order valence-corrected chi connectivity index (χ0v) is 9.13. The molecule has 8 nitrogen and oxygen atoms in total. The van der Waals surface area contributed by atoms with Gasteiger partial charge < -0.3 is 35.0 Å². The van der Waals surface area contributed by atoms with Gasteiger partial charge in [0.1, 0.15) is 18.3 Å². The molecule has 1 aliphatic heterocycles. The lowest BCUT2D eigenvalue weighted by Crippen LogP contribution is -2.60. The summed E-state index contributed by atoms with van der Waals surface area (Å²) in [5.74, 6) is -1.48. The van der Waals surface area contributed by atoms with Gasteiger partial charge in [-0.1, -0.05) is 0 Å². The van der Waals surface area contributed by atoms with Gasteiger partial charge in [-0.05, 0) is 6.92 Å². The minimum absolute atomic E-state index is 0.358. The SMILES string of the molecule is CC(CO)OC1OC(C(=O)O)[C@@H](O)[C@H](O)C1O. The second-order valence-electron chi connectivity index (χ2n) is 3.86. The Labute approximate surface area is 97.0 Å². The van der Waals surface area contributed by atoms with E-state index in [4.69, 9.17) is 19.7 Å². The van der Waals surface area contributed by atoms with Crippen molar-refractivity contribution in [3.05, 3.63) is 0 Å². The van der Waals surface area contributed by atoms with Crippen LogP contribution in [-0.4, -0.2) is 74.9 Å². The van der Waals surface area contributed by atoms with Crippen LogP contribution < -0.4 is 0 Å². The van der Waals surface area contributed by atoms with Crippen molar-refractivity contribution in [2.75, 3.05) is 6.61 Å². The van der Waals surface area contributed by atoms with Gasteiger partial charge in [0.15, 0.2) is 12.4 Å². The molecule has 100 valence electrons. The molecule has 8 heteroatoms. The number of carboxylic acids is 1. The van der Waals surface area contributed by atoms with Gasteiger partial charge in [0, 0.05) is 0 Å². The normalized spacial score (nSPS) is 39.9. The van der Waals surface area contributed by atoms with Gasteiger partial charge in [0.2, 0.25) is 0 Å². The van der Waals surface area contributed by atoms with Crippen molar-refractivity contribution >= 4 is 5.97 Å². The second kappa shape index (κ2) is 5.71. The number of hydrogen-bond donors (Lipinski definition) is 5. The minimum Gasteiger partial charge on any atom is -0.479 e. The molecule has 0 amide bonds. The maximum absolute atomic E-state index is 10.7. The van der Waals surface area contributed by atoms with Crippen molar-refractivity contribution in [2.24, 2.45) is 0 Å². The maximum atomic E-state index is 10.7. The predicted octanol–water partition coefficient (Wildman–Crippen LogP) is -2.72. The van der Waals surface area contributed by atoms with Gasteiger partial charge in [-0.2, -0.15) is 0 Å². The van der Waals surface area contributed by atoms with Crippen LogP contribution in [0.3, 0.4) is 0 Å². The topological polar surface area (TPSA) is 137 Å². The average molecular weight is 252 g/mol. The maximum Gasteiger partial charge on any atom is 0.335 e. The minimum atomic E-state index is -1.74. The molecule has 1 fully saturated rings. The first-order valence-electron chi connectivity index (χ1n) is 5.07. The highest BCUT2D eigenvalue weighted by Crippen LogP contribution is 2.23. The van der Waals surface area contributed by atoms with Crippen LogP contribution in [0.1, 0.15) is 6.92 Å². The molecule has 0 aromatic rings. The molecule has 1 rings (SSSR count). The number of carboxylic acid groups (broad SMARTS) is 1. The monoisotopic (exact) mass is 252 g/mol. The standard InChI is InChI=1S/C9H16O8/c1-3(2-10)16-9-6(13)4(11)5(12)7(17-9)8(14)15/h3-7,9-13H,2H2,1H3,(H,14,15)/t3?,4-,5-,6?,7?,9?/m0/s1. The Hall–Kier alpha value is -0.770. The Bertz CT molecular complexity index is 270. The van der Waals surface area contributed by atoms with Gasteiger partial charge in [-0.25, -0.2) is 4.79 Å². The largest absolute Gasteiger partial charge is 0.479 e. The summed E-state index contributed by atoms with van der Waals surface area (Å²) in [6, 6.07) is 0. The van der Waals surface area contributed by atoms with E-state index >= 15 is 0 Å². The zero-order valence-electron chi connectivity index (χ0n) is 9.13. The molecule has 1 heterocycles. The van der Waals surface area contributed by atoms with Crippen LogP contribution in [0.25, 0.3) is 0 Å². The number of carbonyl (C=O) groups is 1. The highest BCUT2D eigenvalue weighted by atomic mass is 16.7. The Morgan fingerprint density at radius 3 is 2.35 bits per heavy atom. The van der Waals surface area contributed by atoms with Gasteiger partial charge in [-0.3, -0.25) is 0 Å². The van der Waals surface area contributed by atoms with Crippen molar-refractivity contribution in [1.29, 1.82) is 0 Å². The van der Waals surface area contributed by atoms with Crippen molar-refractivity contribution < 1.29 is 39.8 Å². The molecule has 0 radical (unpaired) electrons. The second-order valence-corrected chi connectivity index (χ2v) is 3.86. The molecule has 1 aliphatic rings. The fraction of sp³-hybridized carbons (Fsp3) is 0.889. The molecule has 0 saturated carbocycles. The van der Waals surface area contributed by atoms with Crippen LogP contribution in [0.4, 0.5) is 0 Å². The highest BCUT2D eigenvalue weighted by molar-refractivity contribution is 5.73. The van der Waals surface area contributed by atoms with Gasteiger partial charge in [0.05, 0.1) is 12.7 Å². The van der Waals surface area contributed by atoms with Gasteiger partial charge >= 0.3 is 5.97 Å². The smallest absolute Gasteiger partial charge is 0.335 e. The van der Waals surface area contributed by atoms with Gasteiger partial charge in [-0.15, -0.1) is 0 Å². The summed E-state index contributed by atoms with van der Waals surface area (Å²) in [6.07, 6.45) is -8.84. The summed E-state index contributed by atoms with van der Waals surface area (Å²) in [6.45, 7) is 1.12. The number of ether oxygens (including phenoxy) is 2. The first-order chi connectivity index (χ1) is 7.88. The Morgan fingerprint density at radius 2 is 1.88 bits per heavy atom. The molecule has 5 N–H and O–H groups in total. The van der Waals surface area contributed by atoms with Crippen LogP contribution in [0.5, 0.6) is 0 Å². The third-order valence-corrected chi connectivity index (χ3v) is 2.44. The van der Waals surface area contributed by atoms with E-state index in [1.54, 1.807) is 0 Å². The summed E-state index contributed by atoms with van der Waals surface area (Å²) in [5.41, 5.74) is 0. The third kappa shape index (κ3) is 3.12. The Morgan fingerprint density at radius 1 is 1.29 bits per heavy atom. The molecule has 0 aromatic carbocycles. The molecule has 0 aliphatic carbocycles. The number of aliphatic hydroxyl groups excluding tert-OH is 4. The van der Waals surface area contributed by atoms with E-state index in [9.17, 15) is 20.1 Å². The first kappa shape index (κ1) is 14.3. The summed E-state index contributed by atoms with van der Waals surface area (Å²) < 4.78 is 9.82. The Balaban J connectivity index is 2.74. The first-order valence-corrected chi connectivity index (χ1v) is 5.07. The van der Waals surface area contributed by atoms with Crippen LogP contribution in [-0.2, 0) is 14.3 Å². The number of aliphatic carboxylic acids is 1. The highest BCUT2D eigenvalue weighted by Gasteiger charge is 2.47. The van der Waals surface area contributed by atoms with Gasteiger partial charge in [0.25, 0.3) is 0 Å². The fourth-order valence-electron chi connectivity index (χ4n) is 1.44. The number of rotatable bonds is 4. The lowest BCUT2D eigenvalue weighted by Gasteiger charge is -2.39. The summed E-state index contributed by atoms with van der Waals surface area (Å²) >= 11 is 0. The summed E-state index contributed by atoms with van der Waals surface area (Å²) in [5, 5.41) is 45.8. The summed E-state index contributed by atoms with van der Waals surface area (Å²) in [7, 11) is 0. The predicted molar refractivity (Wildman–Crippen MR) is 52.0 cm³/mol. The van der Waals surface area contributed by atoms with Crippen molar-refractivity contribution in [1.82, 2.24) is 0 Å². The summed E-state index contributed by atoms with van der Waals surface area (Å²) in [4.78, 5) is 10.7. The third-order valence-electron chi connectivity index (χ3n) is 2.44. The molecule has 0 spiro atoms. The van der Waals surface area contributed by atoms with Crippen molar-refractivity contribution in [3.63, 3.8) is 0 Å². The van der Waals surface area contributed by atoms with E-state index in [1.807, 2.05) is 0 Å². The average Bonchev–Trinajstić information content (AvgIpc) is 2.29. The lowest BCUT2D eigenvalue weighted by atomic mass is 9.99. The van der Waals surface area contributed by atoms with E-state index in [0.717, 1.165) is 0 Å². The number of hydrogen-bond acceptors (Lipinski definition) is 7. The van der Waals surface area contributed by atoms with E-state index in [-0.39, 0.29) is 6.61 Å². The van der Waals surface area contributed by atoms with Crippen molar-refractivity contribution in [3.8, 4) is 0 Å². The van der Waals surface area contributed by atoms with Crippen LogP contribution in [0, 0.1) is 0 Å². The Kier molecular flexibility index (Phi) is 4.80. The molecular formula is C9H16O8. The van der Waals surface area contributed by atoms with Crippen molar-refractivity contribution in [2.45, 2.75) is 43.7 Å². The molecule has 17 heavy (non-hydrogen) atoms. The number of aliphatic hydroxyl groups is 4. The molecule has 0 aromatic heterocycles. The van der Waals surface area contributed by atoms with Crippen LogP contribution in [0.2, 0.25) is 0 Å². The molecular weight excluding hydrogens is 236 g/mol. The molecule has 4 unspecified atom stereocenters. The molecule has 0 bridgehead atoms. The molecule has 6 atom stereocenters. The zero-order chi connectivity index (χ0) is 13.2. The van der Waals surface area contributed by atoms with E-state index in [0.29, 0.717) is 0 Å². The lowest BCUT2D eigenvalue weighted by molar-refractivity contribution is -0.304. The van der Waals surface area contributed by atoms with E-state index < -0.39 is 42.8 Å². The van der Waals surface area contributed by atoms with Crippen LogP contribution in [0.15, 0.2) is 0 Å². The van der Waals surface area contributed by atoms with E-state index in [2.05, 4.69) is 0 Å². The van der Waals surface area contributed by atoms with Crippen LogP contribution >= 0.6 is 0 Å². The van der Waals surface area contributed by atoms with E-state index in [1.165, 1.54) is 6.92 Å². The molecule has 1 saturated heterocycles.